The first-order valence-electron chi connectivity index (χ1n) is 9.46. The Morgan fingerprint density at radius 3 is 2.63 bits per heavy atom. The number of nitrogens with one attached hydrogen (secondary N) is 1. The fraction of sp³-hybridized carbons (Fsp3) is 0.174. The van der Waals surface area contributed by atoms with Gasteiger partial charge in [-0.1, -0.05) is 41.9 Å². The highest BCUT2D eigenvalue weighted by molar-refractivity contribution is 6.32. The van der Waals surface area contributed by atoms with Crippen molar-refractivity contribution < 1.29 is 9.53 Å². The predicted octanol–water partition coefficient (Wildman–Crippen LogP) is 4.43. The minimum absolute atomic E-state index is 0.0334. The van der Waals surface area contributed by atoms with E-state index in [1.165, 1.54) is 16.8 Å². The van der Waals surface area contributed by atoms with Gasteiger partial charge < -0.3 is 9.30 Å². The first-order chi connectivity index (χ1) is 14.5. The minimum atomic E-state index is -0.569. The van der Waals surface area contributed by atoms with Crippen molar-refractivity contribution in [3.05, 3.63) is 98.9 Å². The molecule has 0 aliphatic heterocycles. The Morgan fingerprint density at radius 1 is 1.17 bits per heavy atom. The molecule has 0 aliphatic carbocycles. The average molecular weight is 424 g/mol. The van der Waals surface area contributed by atoms with Crippen LogP contribution < -0.4 is 15.7 Å². The van der Waals surface area contributed by atoms with Crippen LogP contribution in [0.4, 0.5) is 0 Å². The second-order valence-corrected chi connectivity index (χ2v) is 7.30. The fourth-order valence-electron chi connectivity index (χ4n) is 2.76. The third-order valence-corrected chi connectivity index (χ3v) is 4.64. The second kappa shape index (κ2) is 9.89. The van der Waals surface area contributed by atoms with Crippen molar-refractivity contribution in [2.45, 2.75) is 26.5 Å². The van der Waals surface area contributed by atoms with Crippen LogP contribution in [0.1, 0.15) is 41.4 Å². The number of pyridine rings is 1. The lowest BCUT2D eigenvalue weighted by molar-refractivity contribution is 0.0953. The molecular weight excluding hydrogens is 402 g/mol. The Bertz CT molecular complexity index is 1110. The summed E-state index contributed by atoms with van der Waals surface area (Å²) in [6.07, 6.45) is 3.10. The third kappa shape index (κ3) is 5.36. The maximum absolute atomic E-state index is 12.4. The van der Waals surface area contributed by atoms with Gasteiger partial charge in [0, 0.05) is 12.2 Å². The smallest absolute Gasteiger partial charge is 0.276 e. The number of hydrogen-bond donors (Lipinski definition) is 1. The standard InChI is InChI=1S/C23H22ClN3O3/c1-16(2)27-12-6-9-19(23(27)29)22(28)26-25-14-18-10-11-21(20(24)13-18)30-15-17-7-4-3-5-8-17/h3-14,16H,15H2,1-2H3,(H,26,28)/b25-14-. The van der Waals surface area contributed by atoms with Gasteiger partial charge in [-0.25, -0.2) is 5.43 Å². The quantitative estimate of drug-likeness (QED) is 0.451. The summed E-state index contributed by atoms with van der Waals surface area (Å²) < 4.78 is 7.23. The highest BCUT2D eigenvalue weighted by Gasteiger charge is 2.12. The lowest BCUT2D eigenvalue weighted by Crippen LogP contribution is -2.31. The first kappa shape index (κ1) is 21.3. The molecule has 6 nitrogen and oxygen atoms in total. The van der Waals surface area contributed by atoms with Crippen molar-refractivity contribution in [3.63, 3.8) is 0 Å². The molecule has 0 radical (unpaired) electrons. The number of carbonyl (C=O) groups excluding carboxylic acids is 1. The summed E-state index contributed by atoms with van der Waals surface area (Å²) in [5.74, 6) is -0.0135. The molecule has 2 aromatic carbocycles. The van der Waals surface area contributed by atoms with Crippen molar-refractivity contribution in [1.29, 1.82) is 0 Å². The fourth-order valence-corrected chi connectivity index (χ4v) is 3.01. The van der Waals surface area contributed by atoms with E-state index in [-0.39, 0.29) is 17.2 Å². The molecule has 0 unspecified atom stereocenters. The number of nitrogens with zero attached hydrogens (tertiary/aromatic N) is 2. The SMILES string of the molecule is CC(C)n1cccc(C(=O)N/N=C\c2ccc(OCc3ccccc3)c(Cl)c2)c1=O. The molecule has 0 atom stereocenters. The summed E-state index contributed by atoms with van der Waals surface area (Å²) in [6.45, 7) is 4.16. The van der Waals surface area contributed by atoms with Crippen LogP contribution in [-0.2, 0) is 6.61 Å². The normalized spacial score (nSPS) is 11.1. The number of rotatable bonds is 7. The number of hydrogen-bond acceptors (Lipinski definition) is 4. The molecule has 0 aliphatic rings. The molecule has 30 heavy (non-hydrogen) atoms. The number of benzene rings is 2. The van der Waals surface area contributed by atoms with Gasteiger partial charge in [-0.15, -0.1) is 0 Å². The molecule has 3 rings (SSSR count). The number of ether oxygens (including phenoxy) is 1. The molecule has 154 valence electrons. The van der Waals surface area contributed by atoms with Gasteiger partial charge in [-0.05, 0) is 55.3 Å². The third-order valence-electron chi connectivity index (χ3n) is 4.35. The maximum atomic E-state index is 12.4. The second-order valence-electron chi connectivity index (χ2n) is 6.89. The van der Waals surface area contributed by atoms with Crippen molar-refractivity contribution in [2.24, 2.45) is 5.10 Å². The zero-order chi connectivity index (χ0) is 21.5. The van der Waals surface area contributed by atoms with E-state index in [1.54, 1.807) is 30.5 Å². The number of halogens is 1. The Labute approximate surface area is 179 Å². The van der Waals surface area contributed by atoms with Gasteiger partial charge in [0.15, 0.2) is 0 Å². The molecule has 0 fully saturated rings. The van der Waals surface area contributed by atoms with E-state index in [1.807, 2.05) is 44.2 Å². The largest absolute Gasteiger partial charge is 0.487 e. The van der Waals surface area contributed by atoms with E-state index >= 15 is 0 Å². The molecule has 0 saturated heterocycles. The molecule has 0 bridgehead atoms. The minimum Gasteiger partial charge on any atom is -0.487 e. The van der Waals surface area contributed by atoms with Gasteiger partial charge >= 0.3 is 0 Å². The lowest BCUT2D eigenvalue weighted by atomic mass is 10.2. The van der Waals surface area contributed by atoms with Crippen molar-refractivity contribution in [2.75, 3.05) is 0 Å². The van der Waals surface area contributed by atoms with E-state index in [9.17, 15) is 9.59 Å². The molecule has 1 heterocycles. The van der Waals surface area contributed by atoms with Gasteiger partial charge in [0.2, 0.25) is 0 Å². The van der Waals surface area contributed by atoms with Gasteiger partial charge in [-0.2, -0.15) is 5.10 Å². The van der Waals surface area contributed by atoms with Crippen LogP contribution in [0.2, 0.25) is 5.02 Å². The van der Waals surface area contributed by atoms with E-state index in [2.05, 4.69) is 10.5 Å². The highest BCUT2D eigenvalue weighted by atomic mass is 35.5. The van der Waals surface area contributed by atoms with Crippen LogP contribution in [0.5, 0.6) is 5.75 Å². The van der Waals surface area contributed by atoms with Gasteiger partial charge in [0.05, 0.1) is 11.2 Å². The van der Waals surface area contributed by atoms with Gasteiger partial charge in [0.25, 0.3) is 11.5 Å². The predicted molar refractivity (Wildman–Crippen MR) is 118 cm³/mol. The molecule has 1 N–H and O–H groups in total. The Balaban J connectivity index is 1.62. The van der Waals surface area contributed by atoms with Crippen LogP contribution in [0.3, 0.4) is 0 Å². The summed E-state index contributed by atoms with van der Waals surface area (Å²) in [5, 5.41) is 4.36. The lowest BCUT2D eigenvalue weighted by Gasteiger charge is -2.10. The zero-order valence-corrected chi connectivity index (χ0v) is 17.5. The molecule has 0 saturated carbocycles. The van der Waals surface area contributed by atoms with Crippen molar-refractivity contribution in [1.82, 2.24) is 9.99 Å². The van der Waals surface area contributed by atoms with E-state index in [0.717, 1.165) is 5.56 Å². The molecular formula is C23H22ClN3O3. The topological polar surface area (TPSA) is 72.7 Å². The summed E-state index contributed by atoms with van der Waals surface area (Å²) in [5.41, 5.74) is 3.77. The summed E-state index contributed by atoms with van der Waals surface area (Å²) in [4.78, 5) is 24.6. The first-order valence-corrected chi connectivity index (χ1v) is 9.84. The summed E-state index contributed by atoms with van der Waals surface area (Å²) in [6, 6.07) is 18.1. The Kier molecular flexibility index (Phi) is 7.03. The molecule has 1 amide bonds. The van der Waals surface area contributed by atoms with Crippen LogP contribution >= 0.6 is 11.6 Å². The number of aromatic nitrogens is 1. The molecule has 3 aromatic rings. The molecule has 0 spiro atoms. The van der Waals surface area contributed by atoms with Crippen LogP contribution in [0, 0.1) is 0 Å². The number of carbonyl (C=O) groups is 1. The maximum Gasteiger partial charge on any atom is 0.276 e. The van der Waals surface area contributed by atoms with E-state index < -0.39 is 5.91 Å². The monoisotopic (exact) mass is 423 g/mol. The van der Waals surface area contributed by atoms with Crippen LogP contribution in [0.25, 0.3) is 0 Å². The van der Waals surface area contributed by atoms with Gasteiger partial charge in [0.1, 0.15) is 17.9 Å². The number of hydrazone groups is 1. The summed E-state index contributed by atoms with van der Waals surface area (Å²) >= 11 is 6.28. The Morgan fingerprint density at radius 2 is 1.93 bits per heavy atom. The molecule has 7 heteroatoms. The average Bonchev–Trinajstić information content (AvgIpc) is 2.73. The van der Waals surface area contributed by atoms with E-state index in [0.29, 0.717) is 22.9 Å². The van der Waals surface area contributed by atoms with Gasteiger partial charge in [-0.3, -0.25) is 9.59 Å². The zero-order valence-electron chi connectivity index (χ0n) is 16.7. The number of amides is 1. The van der Waals surface area contributed by atoms with E-state index in [4.69, 9.17) is 16.3 Å². The van der Waals surface area contributed by atoms with Crippen molar-refractivity contribution >= 4 is 23.7 Å². The van der Waals surface area contributed by atoms with Crippen LogP contribution in [0.15, 0.2) is 76.8 Å². The Hall–Kier alpha value is -3.38. The van der Waals surface area contributed by atoms with Crippen LogP contribution in [-0.4, -0.2) is 16.7 Å². The highest BCUT2D eigenvalue weighted by Crippen LogP contribution is 2.25. The summed E-state index contributed by atoms with van der Waals surface area (Å²) in [7, 11) is 0. The van der Waals surface area contributed by atoms with Crippen molar-refractivity contribution in [3.8, 4) is 5.75 Å². The molecule has 1 aromatic heterocycles.